The molecule has 0 aromatic carbocycles. The van der Waals surface area contributed by atoms with Crippen LogP contribution < -0.4 is 5.32 Å². The predicted molar refractivity (Wildman–Crippen MR) is 30.5 cm³/mol. The highest BCUT2D eigenvalue weighted by molar-refractivity contribution is 5.92. The maximum absolute atomic E-state index is 10.2. The molecule has 0 aliphatic heterocycles. The summed E-state index contributed by atoms with van der Waals surface area (Å²) in [6.45, 7) is 3.08. The van der Waals surface area contributed by atoms with Crippen molar-refractivity contribution in [2.24, 2.45) is 0 Å². The monoisotopic (exact) mass is 125 g/mol. The standard InChI is InChI=1S/C5H5N2O2/c1-4(8)6-5-2-3-9-7-5/h2-3H,1H2,(H,6,7,8). The van der Waals surface area contributed by atoms with Crippen molar-refractivity contribution >= 4 is 11.7 Å². The number of hydrogen-bond donors (Lipinski definition) is 1. The van der Waals surface area contributed by atoms with Crippen molar-refractivity contribution in [3.8, 4) is 0 Å². The van der Waals surface area contributed by atoms with Crippen LogP contribution in [0.2, 0.25) is 0 Å². The van der Waals surface area contributed by atoms with Crippen molar-refractivity contribution < 1.29 is 9.32 Å². The van der Waals surface area contributed by atoms with E-state index in [1.165, 1.54) is 12.3 Å². The third-order valence-electron chi connectivity index (χ3n) is 0.705. The van der Waals surface area contributed by atoms with Gasteiger partial charge in [0.2, 0.25) is 5.91 Å². The number of amides is 1. The third kappa shape index (κ3) is 1.56. The van der Waals surface area contributed by atoms with Crippen molar-refractivity contribution in [2.75, 3.05) is 5.32 Å². The molecule has 0 fully saturated rings. The van der Waals surface area contributed by atoms with Crippen LogP contribution in [0.1, 0.15) is 0 Å². The van der Waals surface area contributed by atoms with E-state index in [2.05, 4.69) is 21.9 Å². The first-order valence-electron chi connectivity index (χ1n) is 2.32. The van der Waals surface area contributed by atoms with Crippen molar-refractivity contribution in [3.05, 3.63) is 19.3 Å². The molecule has 1 heterocycles. The quantitative estimate of drug-likeness (QED) is 0.592. The van der Waals surface area contributed by atoms with Crippen molar-refractivity contribution in [1.29, 1.82) is 0 Å². The zero-order chi connectivity index (χ0) is 6.69. The Kier molecular flexibility index (Phi) is 1.48. The average molecular weight is 125 g/mol. The highest BCUT2D eigenvalue weighted by Crippen LogP contribution is 1.98. The average Bonchev–Trinajstić information content (AvgIpc) is 2.15. The number of rotatable bonds is 1. The van der Waals surface area contributed by atoms with Crippen LogP contribution in [-0.4, -0.2) is 11.1 Å². The summed E-state index contributed by atoms with van der Waals surface area (Å²) in [6, 6.07) is 1.53. The Hall–Kier alpha value is -1.32. The lowest BCUT2D eigenvalue weighted by molar-refractivity contribution is -0.112. The minimum absolute atomic E-state index is 0.384. The lowest BCUT2D eigenvalue weighted by atomic mass is 10.6. The van der Waals surface area contributed by atoms with E-state index in [0.717, 1.165) is 0 Å². The molecular formula is C5H5N2O2. The van der Waals surface area contributed by atoms with Crippen molar-refractivity contribution in [3.63, 3.8) is 0 Å². The van der Waals surface area contributed by atoms with Gasteiger partial charge in [0, 0.05) is 13.0 Å². The maximum atomic E-state index is 10.2. The summed E-state index contributed by atoms with van der Waals surface area (Å²) in [7, 11) is 0. The van der Waals surface area contributed by atoms with Crippen LogP contribution in [-0.2, 0) is 4.79 Å². The number of hydrogen-bond acceptors (Lipinski definition) is 3. The second-order valence-electron chi connectivity index (χ2n) is 1.43. The Morgan fingerprint density at radius 2 is 2.67 bits per heavy atom. The molecule has 0 saturated heterocycles. The minimum Gasteiger partial charge on any atom is -0.363 e. The molecule has 47 valence electrons. The summed E-state index contributed by atoms with van der Waals surface area (Å²) >= 11 is 0. The Morgan fingerprint density at radius 3 is 3.11 bits per heavy atom. The summed E-state index contributed by atoms with van der Waals surface area (Å²) in [5, 5.41) is 5.74. The van der Waals surface area contributed by atoms with Crippen molar-refractivity contribution in [2.45, 2.75) is 0 Å². The molecule has 0 unspecified atom stereocenters. The molecule has 0 aliphatic carbocycles. The summed E-state index contributed by atoms with van der Waals surface area (Å²) < 4.78 is 4.42. The molecule has 1 aromatic heterocycles. The van der Waals surface area contributed by atoms with Gasteiger partial charge in [-0.2, -0.15) is 0 Å². The SMILES string of the molecule is [CH2]C(=O)Nc1ccon1. The Balaban J connectivity index is 2.58. The van der Waals surface area contributed by atoms with Gasteiger partial charge >= 0.3 is 0 Å². The first-order valence-corrected chi connectivity index (χ1v) is 2.32. The second-order valence-corrected chi connectivity index (χ2v) is 1.43. The number of nitrogens with one attached hydrogen (secondary N) is 1. The van der Waals surface area contributed by atoms with Gasteiger partial charge in [0.15, 0.2) is 5.82 Å². The zero-order valence-corrected chi connectivity index (χ0v) is 4.63. The number of aromatic nitrogens is 1. The highest BCUT2D eigenvalue weighted by Gasteiger charge is 1.95. The van der Waals surface area contributed by atoms with Gasteiger partial charge in [-0.1, -0.05) is 5.16 Å². The normalized spacial score (nSPS) is 9.00. The molecule has 0 saturated carbocycles. The number of carbonyl (C=O) groups excluding carboxylic acids is 1. The minimum atomic E-state index is -0.399. The third-order valence-corrected chi connectivity index (χ3v) is 0.705. The molecule has 0 spiro atoms. The second kappa shape index (κ2) is 2.30. The van der Waals surface area contributed by atoms with Gasteiger partial charge in [-0.05, 0) is 0 Å². The summed E-state index contributed by atoms with van der Waals surface area (Å²) in [6.07, 6.45) is 1.37. The molecular weight excluding hydrogens is 120 g/mol. The number of carbonyl (C=O) groups is 1. The van der Waals surface area contributed by atoms with E-state index in [1.54, 1.807) is 0 Å². The molecule has 0 aliphatic rings. The fourth-order valence-corrected chi connectivity index (χ4v) is 0.420. The number of anilines is 1. The smallest absolute Gasteiger partial charge is 0.226 e. The van der Waals surface area contributed by atoms with E-state index in [9.17, 15) is 4.79 Å². The maximum Gasteiger partial charge on any atom is 0.226 e. The molecule has 4 nitrogen and oxygen atoms in total. The van der Waals surface area contributed by atoms with E-state index in [-0.39, 0.29) is 0 Å². The van der Waals surface area contributed by atoms with E-state index < -0.39 is 5.91 Å². The molecule has 1 rings (SSSR count). The fourth-order valence-electron chi connectivity index (χ4n) is 0.420. The van der Waals surface area contributed by atoms with Crippen LogP contribution in [0.4, 0.5) is 5.82 Å². The van der Waals surface area contributed by atoms with Crippen LogP contribution in [0.25, 0.3) is 0 Å². The first kappa shape index (κ1) is 5.81. The van der Waals surface area contributed by atoms with E-state index in [4.69, 9.17) is 0 Å². The van der Waals surface area contributed by atoms with Crippen LogP contribution in [0.3, 0.4) is 0 Å². The van der Waals surface area contributed by atoms with Gasteiger partial charge in [-0.3, -0.25) is 4.79 Å². The van der Waals surface area contributed by atoms with Gasteiger partial charge in [-0.15, -0.1) is 0 Å². The van der Waals surface area contributed by atoms with Crippen LogP contribution in [0.5, 0.6) is 0 Å². The van der Waals surface area contributed by atoms with Crippen LogP contribution >= 0.6 is 0 Å². The summed E-state index contributed by atoms with van der Waals surface area (Å²) in [4.78, 5) is 10.2. The molecule has 0 bridgehead atoms. The van der Waals surface area contributed by atoms with E-state index >= 15 is 0 Å². The molecule has 1 aromatic rings. The summed E-state index contributed by atoms with van der Waals surface area (Å²) in [5.74, 6) is -0.0149. The van der Waals surface area contributed by atoms with Gasteiger partial charge < -0.3 is 9.84 Å². The first-order chi connectivity index (χ1) is 4.29. The highest BCUT2D eigenvalue weighted by atomic mass is 16.5. The molecule has 1 radical (unpaired) electrons. The van der Waals surface area contributed by atoms with E-state index in [0.29, 0.717) is 5.82 Å². The van der Waals surface area contributed by atoms with Crippen LogP contribution in [0, 0.1) is 6.92 Å². The Bertz CT molecular complexity index is 193. The van der Waals surface area contributed by atoms with Gasteiger partial charge in [0.05, 0.1) is 0 Å². The molecule has 9 heavy (non-hydrogen) atoms. The van der Waals surface area contributed by atoms with Gasteiger partial charge in [-0.25, -0.2) is 0 Å². The largest absolute Gasteiger partial charge is 0.363 e. The molecule has 4 heteroatoms. The predicted octanol–water partition coefficient (Wildman–Crippen LogP) is 0.447. The Morgan fingerprint density at radius 1 is 1.89 bits per heavy atom. The molecule has 0 atom stereocenters. The topological polar surface area (TPSA) is 55.1 Å². The molecule has 1 amide bonds. The van der Waals surface area contributed by atoms with Crippen LogP contribution in [0.15, 0.2) is 16.9 Å². The fraction of sp³-hybridized carbons (Fsp3) is 0. The zero-order valence-electron chi connectivity index (χ0n) is 4.63. The lowest BCUT2D eigenvalue weighted by Gasteiger charge is -1.89. The molecule has 1 N–H and O–H groups in total. The lowest BCUT2D eigenvalue weighted by Crippen LogP contribution is -2.05. The van der Waals surface area contributed by atoms with Gasteiger partial charge in [0.1, 0.15) is 6.26 Å². The van der Waals surface area contributed by atoms with Gasteiger partial charge in [0.25, 0.3) is 0 Å². The number of nitrogens with zero attached hydrogens (tertiary/aromatic N) is 1. The van der Waals surface area contributed by atoms with E-state index in [1.807, 2.05) is 0 Å². The Labute approximate surface area is 51.8 Å². The summed E-state index contributed by atoms with van der Waals surface area (Å²) in [5.41, 5.74) is 0. The van der Waals surface area contributed by atoms with Crippen molar-refractivity contribution in [1.82, 2.24) is 5.16 Å².